The van der Waals surface area contributed by atoms with E-state index in [-0.39, 0.29) is 41.8 Å². The minimum absolute atomic E-state index is 0.0640. The number of hydrogen-bond acceptors (Lipinski definition) is 7. The number of aromatic nitrogens is 3. The van der Waals surface area contributed by atoms with Gasteiger partial charge in [-0.1, -0.05) is 0 Å². The number of fused-ring (bicyclic) bond motifs is 2. The average Bonchev–Trinajstić information content (AvgIpc) is 3.94. The van der Waals surface area contributed by atoms with Crippen molar-refractivity contribution in [2.75, 3.05) is 20.3 Å². The predicted molar refractivity (Wildman–Crippen MR) is 155 cm³/mol. The normalized spacial score (nSPS) is 20.6. The highest BCUT2D eigenvalue weighted by molar-refractivity contribution is 6.00. The van der Waals surface area contributed by atoms with Crippen molar-refractivity contribution in [2.24, 2.45) is 11.7 Å². The molecule has 44 heavy (non-hydrogen) atoms. The monoisotopic (exact) mass is 603 g/mol. The number of hydrogen-bond donors (Lipinski definition) is 3. The molecule has 2 aromatic heterocycles. The molecule has 0 spiro atoms. The molecule has 12 heteroatoms. The van der Waals surface area contributed by atoms with E-state index in [4.69, 9.17) is 15.2 Å². The van der Waals surface area contributed by atoms with Gasteiger partial charge < -0.3 is 25.6 Å². The van der Waals surface area contributed by atoms with Gasteiger partial charge in [0.25, 0.3) is 5.91 Å². The van der Waals surface area contributed by atoms with E-state index in [1.54, 1.807) is 25.1 Å². The Balaban J connectivity index is 1.26. The lowest BCUT2D eigenvalue weighted by Gasteiger charge is -2.30. The molecule has 228 valence electrons. The van der Waals surface area contributed by atoms with Gasteiger partial charge in [0.1, 0.15) is 52.0 Å². The van der Waals surface area contributed by atoms with E-state index in [9.17, 15) is 23.5 Å². The zero-order chi connectivity index (χ0) is 31.0. The number of nitrogens with one attached hydrogen (secondary N) is 1. The molecule has 2 amide bonds. The number of rotatable bonds is 9. The first-order chi connectivity index (χ1) is 21.0. The number of ether oxygens (including phenoxy) is 2. The molecule has 4 aromatic rings. The molecule has 0 radical (unpaired) electrons. The van der Waals surface area contributed by atoms with Gasteiger partial charge in [-0.05, 0) is 68.9 Å². The molecule has 4 N–H and O–H groups in total. The minimum Gasteiger partial charge on any atom is -0.494 e. The van der Waals surface area contributed by atoms with Gasteiger partial charge in [-0.3, -0.25) is 14.3 Å². The van der Waals surface area contributed by atoms with Crippen LogP contribution in [-0.4, -0.2) is 51.9 Å². The molecule has 7 rings (SSSR count). The molecule has 3 aliphatic rings. The Kier molecular flexibility index (Phi) is 6.40. The Morgan fingerprint density at radius 3 is 2.52 bits per heavy atom. The number of halogens is 2. The maximum absolute atomic E-state index is 14.3. The predicted octanol–water partition coefficient (Wildman–Crippen LogP) is 3.88. The number of carbonyl (C=O) groups is 2. The van der Waals surface area contributed by atoms with Crippen molar-refractivity contribution in [1.82, 2.24) is 20.1 Å². The number of methoxy groups -OCH3 is 1. The van der Waals surface area contributed by atoms with E-state index in [1.807, 2.05) is 10.9 Å². The second-order valence-electron chi connectivity index (χ2n) is 12.2. The first kappa shape index (κ1) is 28.2. The average molecular weight is 604 g/mol. The number of amides is 2. The summed E-state index contributed by atoms with van der Waals surface area (Å²) in [7, 11) is 1.52. The summed E-state index contributed by atoms with van der Waals surface area (Å²) in [6.45, 7) is 1.29. The maximum Gasteiger partial charge on any atom is 0.251 e. The van der Waals surface area contributed by atoms with E-state index in [0.717, 1.165) is 36.4 Å². The van der Waals surface area contributed by atoms with Gasteiger partial charge in [-0.25, -0.2) is 13.8 Å². The fraction of sp³-hybridized carbons (Fsp3) is 0.375. The van der Waals surface area contributed by atoms with Crippen LogP contribution in [0.15, 0.2) is 42.6 Å². The third-order valence-corrected chi connectivity index (χ3v) is 8.96. The number of aliphatic hydroxyl groups is 1. The second kappa shape index (κ2) is 9.98. The summed E-state index contributed by atoms with van der Waals surface area (Å²) >= 11 is 0. The highest BCUT2D eigenvalue weighted by Crippen LogP contribution is 2.50. The summed E-state index contributed by atoms with van der Waals surface area (Å²) in [6, 6.07) is 8.19. The summed E-state index contributed by atoms with van der Waals surface area (Å²) in [5.41, 5.74) is 4.43. The molecule has 2 fully saturated rings. The number of carbonyl (C=O) groups excluding carboxylic acids is 2. The van der Waals surface area contributed by atoms with Crippen molar-refractivity contribution in [3.63, 3.8) is 0 Å². The van der Waals surface area contributed by atoms with Crippen molar-refractivity contribution in [3.05, 3.63) is 71.1 Å². The van der Waals surface area contributed by atoms with Gasteiger partial charge in [0, 0.05) is 34.3 Å². The van der Waals surface area contributed by atoms with Crippen LogP contribution >= 0.6 is 0 Å². The molecule has 0 bridgehead atoms. The van der Waals surface area contributed by atoms with Crippen LogP contribution in [0.5, 0.6) is 11.5 Å². The van der Waals surface area contributed by atoms with Crippen LogP contribution in [0, 0.1) is 17.6 Å². The molecular formula is C32H31F2N5O5. The standard InChI is InChI=1S/C32H31F2N5O5/c1-31(30(35)41)15-44-28-23(31)12-25(37-27(28)16-8-20(33)11-21(34)9-16)32(42,19-3-4-19)14-36-29(40)17-7-18-13-39(22-5-6-22)38-26(18)24(10-17)43-2/h7-13,19,22,42H,3-6,14-15H2,1-2H3,(H2,35,41)(H,36,40)/t31-,32?/m0/s1. The topological polar surface area (TPSA) is 142 Å². The number of pyridine rings is 1. The smallest absolute Gasteiger partial charge is 0.251 e. The first-order valence-electron chi connectivity index (χ1n) is 14.5. The van der Waals surface area contributed by atoms with Crippen molar-refractivity contribution >= 4 is 22.7 Å². The molecular weight excluding hydrogens is 572 g/mol. The Bertz CT molecular complexity index is 1830. The lowest BCUT2D eigenvalue weighted by molar-refractivity contribution is -0.123. The van der Waals surface area contributed by atoms with Gasteiger partial charge in [0.05, 0.1) is 25.4 Å². The van der Waals surface area contributed by atoms with Crippen LogP contribution in [0.4, 0.5) is 8.78 Å². The number of benzene rings is 2. The number of primary amides is 1. The molecule has 2 aromatic carbocycles. The zero-order valence-electron chi connectivity index (χ0n) is 24.2. The quantitative estimate of drug-likeness (QED) is 0.264. The Morgan fingerprint density at radius 1 is 1.16 bits per heavy atom. The van der Waals surface area contributed by atoms with Gasteiger partial charge in [-0.2, -0.15) is 5.10 Å². The maximum atomic E-state index is 14.3. The SMILES string of the molecule is COc1cc(C(=O)NCC(O)(c2cc3c(c(-c4cc(F)cc(F)c4)n2)OC[C@]3(C)C(N)=O)C2CC2)cc2cn(C3CC3)nc12. The molecule has 3 heterocycles. The molecule has 10 nitrogen and oxygen atoms in total. The largest absolute Gasteiger partial charge is 0.494 e. The van der Waals surface area contributed by atoms with Crippen LogP contribution in [0.3, 0.4) is 0 Å². The van der Waals surface area contributed by atoms with Crippen LogP contribution < -0.4 is 20.5 Å². The second-order valence-corrected chi connectivity index (χ2v) is 12.2. The highest BCUT2D eigenvalue weighted by atomic mass is 19.1. The van der Waals surface area contributed by atoms with Gasteiger partial charge in [0.15, 0.2) is 0 Å². The molecule has 2 saturated carbocycles. The van der Waals surface area contributed by atoms with Crippen molar-refractivity contribution < 1.29 is 33.0 Å². The zero-order valence-corrected chi connectivity index (χ0v) is 24.2. The van der Waals surface area contributed by atoms with Crippen LogP contribution in [0.25, 0.3) is 22.2 Å². The summed E-state index contributed by atoms with van der Waals surface area (Å²) in [5.74, 6) is -2.39. The van der Waals surface area contributed by atoms with Crippen LogP contribution in [-0.2, 0) is 15.8 Å². The third-order valence-electron chi connectivity index (χ3n) is 8.96. The van der Waals surface area contributed by atoms with Crippen LogP contribution in [0.1, 0.15) is 60.3 Å². The lowest BCUT2D eigenvalue weighted by atomic mass is 9.81. The van der Waals surface area contributed by atoms with Gasteiger partial charge >= 0.3 is 0 Å². The molecule has 2 aliphatic carbocycles. The molecule has 2 atom stereocenters. The van der Waals surface area contributed by atoms with Crippen molar-refractivity contribution in [2.45, 2.75) is 49.7 Å². The number of nitrogens with zero attached hydrogens (tertiary/aromatic N) is 3. The van der Waals surface area contributed by atoms with Crippen LogP contribution in [0.2, 0.25) is 0 Å². The number of nitrogens with two attached hydrogens (primary N) is 1. The van der Waals surface area contributed by atoms with E-state index >= 15 is 0 Å². The summed E-state index contributed by atoms with van der Waals surface area (Å²) in [5, 5.41) is 20.4. The van der Waals surface area contributed by atoms with Gasteiger partial charge in [-0.15, -0.1) is 0 Å². The molecule has 1 aliphatic heterocycles. The Hall–Kier alpha value is -4.58. The first-order valence-corrected chi connectivity index (χ1v) is 14.5. The lowest BCUT2D eigenvalue weighted by Crippen LogP contribution is -2.44. The van der Waals surface area contributed by atoms with E-state index in [2.05, 4.69) is 15.4 Å². The fourth-order valence-electron chi connectivity index (χ4n) is 5.95. The van der Waals surface area contributed by atoms with Crippen molar-refractivity contribution in [1.29, 1.82) is 0 Å². The molecule has 1 unspecified atom stereocenters. The van der Waals surface area contributed by atoms with E-state index in [1.165, 1.54) is 7.11 Å². The Labute approximate surface area is 251 Å². The van der Waals surface area contributed by atoms with Gasteiger partial charge in [0.2, 0.25) is 5.91 Å². The summed E-state index contributed by atoms with van der Waals surface area (Å²) < 4.78 is 41.8. The summed E-state index contributed by atoms with van der Waals surface area (Å²) in [4.78, 5) is 30.7. The highest BCUT2D eigenvalue weighted by Gasteiger charge is 2.50. The summed E-state index contributed by atoms with van der Waals surface area (Å²) in [6.07, 6.45) is 5.34. The van der Waals surface area contributed by atoms with E-state index in [0.29, 0.717) is 41.3 Å². The third kappa shape index (κ3) is 4.64. The minimum atomic E-state index is -1.67. The Morgan fingerprint density at radius 2 is 1.89 bits per heavy atom. The van der Waals surface area contributed by atoms with Crippen molar-refractivity contribution in [3.8, 4) is 22.8 Å². The fourth-order valence-corrected chi connectivity index (χ4v) is 5.95. The van der Waals surface area contributed by atoms with E-state index < -0.39 is 34.5 Å². The molecule has 0 saturated heterocycles.